The van der Waals surface area contributed by atoms with Crippen LogP contribution in [0.2, 0.25) is 0 Å². The van der Waals surface area contributed by atoms with Gasteiger partial charge in [0.05, 0.1) is 17.1 Å². The minimum absolute atomic E-state index is 0.0185. The van der Waals surface area contributed by atoms with Crippen LogP contribution in [0.25, 0.3) is 10.9 Å². The number of piperidine rings is 1. The zero-order valence-electron chi connectivity index (χ0n) is 15.7. The van der Waals surface area contributed by atoms with Crippen LogP contribution in [0.4, 0.5) is 5.69 Å². The first-order valence-corrected chi connectivity index (χ1v) is 9.87. The minimum atomic E-state index is -0.262. The minimum Gasteiger partial charge on any atom is -0.487 e. The molecule has 1 atom stereocenters. The number of pyridine rings is 1. The highest BCUT2D eigenvalue weighted by Gasteiger charge is 2.44. The molecule has 3 heterocycles. The fourth-order valence-electron chi connectivity index (χ4n) is 4.47. The lowest BCUT2D eigenvalue weighted by molar-refractivity contribution is -0.120. The molecule has 28 heavy (non-hydrogen) atoms. The highest BCUT2D eigenvalue weighted by Crippen LogP contribution is 2.45. The number of hydrogen-bond donors (Lipinski definition) is 2. The lowest BCUT2D eigenvalue weighted by atomic mass is 9.77. The van der Waals surface area contributed by atoms with Crippen molar-refractivity contribution < 1.29 is 9.53 Å². The van der Waals surface area contributed by atoms with E-state index in [1.54, 1.807) is 6.20 Å². The summed E-state index contributed by atoms with van der Waals surface area (Å²) in [6.45, 7) is 1.84. The molecule has 0 saturated carbocycles. The normalized spacial score (nSPS) is 20.4. The molecule has 1 amide bonds. The Bertz CT molecular complexity index is 1020. The molecule has 2 N–H and O–H groups in total. The summed E-state index contributed by atoms with van der Waals surface area (Å²) in [6, 6.07) is 17.7. The molecule has 1 unspecified atom stereocenters. The van der Waals surface area contributed by atoms with Crippen molar-refractivity contribution in [2.75, 3.05) is 18.4 Å². The summed E-state index contributed by atoms with van der Waals surface area (Å²) >= 11 is 0. The van der Waals surface area contributed by atoms with E-state index in [9.17, 15) is 4.79 Å². The van der Waals surface area contributed by atoms with Crippen LogP contribution in [-0.2, 0) is 4.79 Å². The van der Waals surface area contributed by atoms with Crippen LogP contribution in [0.15, 0.2) is 60.8 Å². The number of carbonyl (C=O) groups excluding carboxylic acids is 1. The van der Waals surface area contributed by atoms with Gasteiger partial charge in [0.1, 0.15) is 11.4 Å². The van der Waals surface area contributed by atoms with Gasteiger partial charge in [-0.25, -0.2) is 0 Å². The third-order valence-corrected chi connectivity index (χ3v) is 5.93. The Labute approximate surface area is 164 Å². The van der Waals surface area contributed by atoms with Crippen LogP contribution in [0.5, 0.6) is 5.75 Å². The SMILES string of the molecule is O=C(Nc1cccc2ncccc12)C1CC2(CCNCC2)Oc2ccccc21. The van der Waals surface area contributed by atoms with Gasteiger partial charge in [0, 0.05) is 23.6 Å². The topological polar surface area (TPSA) is 63.2 Å². The Kier molecular flexibility index (Phi) is 4.24. The predicted molar refractivity (Wildman–Crippen MR) is 110 cm³/mol. The number of fused-ring (bicyclic) bond motifs is 2. The lowest BCUT2D eigenvalue weighted by Gasteiger charge is -2.44. The lowest BCUT2D eigenvalue weighted by Crippen LogP contribution is -2.50. The number of aromatic nitrogens is 1. The van der Waals surface area contributed by atoms with Gasteiger partial charge in [-0.15, -0.1) is 0 Å². The van der Waals surface area contributed by atoms with E-state index < -0.39 is 0 Å². The van der Waals surface area contributed by atoms with E-state index in [0.29, 0.717) is 6.42 Å². The predicted octanol–water partition coefficient (Wildman–Crippen LogP) is 3.86. The molecule has 0 bridgehead atoms. The van der Waals surface area contributed by atoms with Crippen molar-refractivity contribution in [3.05, 3.63) is 66.4 Å². The third-order valence-electron chi connectivity index (χ3n) is 5.93. The van der Waals surface area contributed by atoms with Crippen LogP contribution < -0.4 is 15.4 Å². The fraction of sp³-hybridized carbons (Fsp3) is 0.304. The number of carbonyl (C=O) groups is 1. The molecule has 2 aromatic carbocycles. The number of nitrogens with zero attached hydrogens (tertiary/aromatic N) is 1. The molecule has 1 saturated heterocycles. The van der Waals surface area contributed by atoms with Crippen molar-refractivity contribution in [1.29, 1.82) is 0 Å². The molecule has 0 radical (unpaired) electrons. The van der Waals surface area contributed by atoms with Gasteiger partial charge in [0.15, 0.2) is 0 Å². The molecule has 2 aliphatic heterocycles. The Balaban J connectivity index is 1.49. The summed E-state index contributed by atoms with van der Waals surface area (Å²) in [6.07, 6.45) is 4.32. The van der Waals surface area contributed by atoms with Crippen molar-refractivity contribution in [3.63, 3.8) is 0 Å². The summed E-state index contributed by atoms with van der Waals surface area (Å²) in [4.78, 5) is 17.8. The van der Waals surface area contributed by atoms with Gasteiger partial charge >= 0.3 is 0 Å². The molecular formula is C23H23N3O2. The van der Waals surface area contributed by atoms with Crippen molar-refractivity contribution in [2.45, 2.75) is 30.8 Å². The van der Waals surface area contributed by atoms with Gasteiger partial charge in [-0.1, -0.05) is 24.3 Å². The Hall–Kier alpha value is -2.92. The number of hydrogen-bond acceptors (Lipinski definition) is 4. The second kappa shape index (κ2) is 6.91. The number of benzene rings is 2. The largest absolute Gasteiger partial charge is 0.487 e. The molecule has 1 spiro atoms. The van der Waals surface area contributed by atoms with Gasteiger partial charge in [-0.3, -0.25) is 9.78 Å². The average Bonchev–Trinajstić information content (AvgIpc) is 2.74. The van der Waals surface area contributed by atoms with Crippen LogP contribution in [0.1, 0.15) is 30.7 Å². The Morgan fingerprint density at radius 1 is 1.07 bits per heavy atom. The number of anilines is 1. The molecular weight excluding hydrogens is 350 g/mol. The van der Waals surface area contributed by atoms with Gasteiger partial charge in [-0.2, -0.15) is 0 Å². The Morgan fingerprint density at radius 2 is 1.93 bits per heavy atom. The monoisotopic (exact) mass is 373 g/mol. The zero-order chi connectivity index (χ0) is 19.0. The Morgan fingerprint density at radius 3 is 2.82 bits per heavy atom. The molecule has 5 nitrogen and oxygen atoms in total. The second-order valence-corrected chi connectivity index (χ2v) is 7.69. The van der Waals surface area contributed by atoms with Crippen LogP contribution in [0, 0.1) is 0 Å². The quantitative estimate of drug-likeness (QED) is 0.716. The van der Waals surface area contributed by atoms with Gasteiger partial charge in [0.25, 0.3) is 0 Å². The maximum atomic E-state index is 13.4. The summed E-state index contributed by atoms with van der Waals surface area (Å²) in [5.41, 5.74) is 2.39. The standard InChI is InChI=1S/C23H23N3O2/c27-22(26-20-8-3-7-19-17(20)6-4-12-25-19)18-15-23(10-13-24-14-11-23)28-21-9-2-1-5-16(18)21/h1-9,12,18,24H,10-11,13-15H2,(H,26,27). The maximum Gasteiger partial charge on any atom is 0.232 e. The number of amides is 1. The first-order chi connectivity index (χ1) is 13.7. The number of ether oxygens (including phenoxy) is 1. The van der Waals surface area contributed by atoms with Crippen molar-refractivity contribution in [1.82, 2.24) is 10.3 Å². The number of para-hydroxylation sites is 1. The number of nitrogens with one attached hydrogen (secondary N) is 2. The molecule has 5 heteroatoms. The first-order valence-electron chi connectivity index (χ1n) is 9.87. The maximum absolute atomic E-state index is 13.4. The second-order valence-electron chi connectivity index (χ2n) is 7.69. The van der Waals surface area contributed by atoms with Crippen molar-refractivity contribution >= 4 is 22.5 Å². The van der Waals surface area contributed by atoms with E-state index in [0.717, 1.165) is 53.8 Å². The average molecular weight is 373 g/mol. The number of rotatable bonds is 2. The van der Waals surface area contributed by atoms with E-state index in [1.165, 1.54) is 0 Å². The molecule has 0 aliphatic carbocycles. The fourth-order valence-corrected chi connectivity index (χ4v) is 4.47. The van der Waals surface area contributed by atoms with E-state index in [2.05, 4.69) is 15.6 Å². The highest BCUT2D eigenvalue weighted by atomic mass is 16.5. The third kappa shape index (κ3) is 3.02. The molecule has 1 fully saturated rings. The summed E-state index contributed by atoms with van der Waals surface area (Å²) in [5, 5.41) is 7.52. The van der Waals surface area contributed by atoms with Crippen LogP contribution in [-0.4, -0.2) is 29.6 Å². The van der Waals surface area contributed by atoms with Gasteiger partial charge in [0.2, 0.25) is 5.91 Å². The molecule has 3 aromatic rings. The van der Waals surface area contributed by atoms with E-state index >= 15 is 0 Å². The van der Waals surface area contributed by atoms with E-state index in [1.807, 2.05) is 54.6 Å². The van der Waals surface area contributed by atoms with E-state index in [-0.39, 0.29) is 17.4 Å². The molecule has 1 aromatic heterocycles. The summed E-state index contributed by atoms with van der Waals surface area (Å²) in [7, 11) is 0. The van der Waals surface area contributed by atoms with Crippen LogP contribution >= 0.6 is 0 Å². The molecule has 2 aliphatic rings. The van der Waals surface area contributed by atoms with Gasteiger partial charge < -0.3 is 15.4 Å². The summed E-state index contributed by atoms with van der Waals surface area (Å²) in [5.74, 6) is 0.635. The molecule has 142 valence electrons. The molecule has 5 rings (SSSR count). The zero-order valence-corrected chi connectivity index (χ0v) is 15.7. The smallest absolute Gasteiger partial charge is 0.232 e. The van der Waals surface area contributed by atoms with Gasteiger partial charge in [-0.05, 0) is 56.3 Å². The summed E-state index contributed by atoms with van der Waals surface area (Å²) < 4.78 is 6.43. The van der Waals surface area contributed by atoms with Crippen molar-refractivity contribution in [3.8, 4) is 5.75 Å². The first kappa shape index (κ1) is 17.2. The van der Waals surface area contributed by atoms with E-state index in [4.69, 9.17) is 4.74 Å². The van der Waals surface area contributed by atoms with Crippen molar-refractivity contribution in [2.24, 2.45) is 0 Å². The highest BCUT2D eigenvalue weighted by molar-refractivity contribution is 6.03. The van der Waals surface area contributed by atoms with Crippen LogP contribution in [0.3, 0.4) is 0 Å².